The topological polar surface area (TPSA) is 84.7 Å². The van der Waals surface area contributed by atoms with Crippen LogP contribution in [0.15, 0.2) is 0 Å². The largest absolute Gasteiger partial charge is 0.377 e. The molecule has 0 aromatic heterocycles. The Morgan fingerprint density at radius 2 is 2.31 bits per heavy atom. The summed E-state index contributed by atoms with van der Waals surface area (Å²) in [7, 11) is 1.51. The SMILES string of the molecule is CNC(=O)C1COCCN1C(N)=O. The lowest BCUT2D eigenvalue weighted by Crippen LogP contribution is -2.56. The number of carbonyl (C=O) groups excluding carboxylic acids is 2. The molecule has 3 N–H and O–H groups in total. The molecule has 0 saturated carbocycles. The molecule has 1 aliphatic heterocycles. The van der Waals surface area contributed by atoms with Crippen molar-refractivity contribution in [2.45, 2.75) is 6.04 Å². The summed E-state index contributed by atoms with van der Waals surface area (Å²) in [6.07, 6.45) is 0. The number of morpholine rings is 1. The van der Waals surface area contributed by atoms with E-state index >= 15 is 0 Å². The van der Waals surface area contributed by atoms with Gasteiger partial charge in [0, 0.05) is 13.6 Å². The minimum Gasteiger partial charge on any atom is -0.377 e. The van der Waals surface area contributed by atoms with E-state index in [0.29, 0.717) is 13.2 Å². The number of hydrogen-bond donors (Lipinski definition) is 2. The van der Waals surface area contributed by atoms with Crippen LogP contribution in [0.4, 0.5) is 4.79 Å². The molecule has 13 heavy (non-hydrogen) atoms. The standard InChI is InChI=1S/C7H13N3O3/c1-9-6(11)5-4-13-3-2-10(5)7(8)12/h5H,2-4H2,1H3,(H2,8,12)(H,9,11). The third kappa shape index (κ3) is 2.09. The maximum Gasteiger partial charge on any atom is 0.315 e. The molecule has 0 aromatic rings. The monoisotopic (exact) mass is 187 g/mol. The summed E-state index contributed by atoms with van der Waals surface area (Å²) in [4.78, 5) is 23.4. The van der Waals surface area contributed by atoms with Crippen LogP contribution in [-0.2, 0) is 9.53 Å². The average Bonchev–Trinajstić information content (AvgIpc) is 2.16. The summed E-state index contributed by atoms with van der Waals surface area (Å²) in [5.74, 6) is -0.251. The quantitative estimate of drug-likeness (QED) is 0.524. The zero-order chi connectivity index (χ0) is 9.84. The van der Waals surface area contributed by atoms with E-state index in [-0.39, 0.29) is 12.5 Å². The molecule has 1 saturated heterocycles. The molecule has 0 radical (unpaired) electrons. The molecule has 1 aliphatic rings. The Bertz CT molecular complexity index is 219. The van der Waals surface area contributed by atoms with E-state index in [4.69, 9.17) is 10.5 Å². The molecule has 1 atom stereocenters. The van der Waals surface area contributed by atoms with Gasteiger partial charge < -0.3 is 20.7 Å². The fraction of sp³-hybridized carbons (Fsp3) is 0.714. The summed E-state index contributed by atoms with van der Waals surface area (Å²) in [6, 6.07) is -1.17. The van der Waals surface area contributed by atoms with Crippen molar-refractivity contribution in [2.75, 3.05) is 26.8 Å². The Labute approximate surface area is 76.0 Å². The number of rotatable bonds is 1. The number of urea groups is 1. The fourth-order valence-electron chi connectivity index (χ4n) is 1.25. The predicted octanol–water partition coefficient (Wildman–Crippen LogP) is -1.49. The van der Waals surface area contributed by atoms with Gasteiger partial charge in [-0.05, 0) is 0 Å². The van der Waals surface area contributed by atoms with E-state index in [9.17, 15) is 9.59 Å². The molecule has 0 aromatic carbocycles. The highest BCUT2D eigenvalue weighted by molar-refractivity contribution is 5.86. The summed E-state index contributed by atoms with van der Waals surface area (Å²) in [6.45, 7) is 1.01. The molecule has 1 fully saturated rings. The number of nitrogens with one attached hydrogen (secondary N) is 1. The van der Waals surface area contributed by atoms with Gasteiger partial charge in [-0.2, -0.15) is 0 Å². The van der Waals surface area contributed by atoms with Crippen molar-refractivity contribution in [1.29, 1.82) is 0 Å². The molecule has 1 unspecified atom stereocenters. The average molecular weight is 187 g/mol. The van der Waals surface area contributed by atoms with E-state index in [2.05, 4.69) is 5.32 Å². The van der Waals surface area contributed by atoms with Gasteiger partial charge in [-0.25, -0.2) is 4.79 Å². The normalized spacial score (nSPS) is 22.5. The van der Waals surface area contributed by atoms with Gasteiger partial charge in [0.2, 0.25) is 5.91 Å². The van der Waals surface area contributed by atoms with Crippen molar-refractivity contribution in [3.05, 3.63) is 0 Å². The fourth-order valence-corrected chi connectivity index (χ4v) is 1.25. The Morgan fingerprint density at radius 3 is 2.85 bits per heavy atom. The minimum atomic E-state index is -0.587. The van der Waals surface area contributed by atoms with Crippen LogP contribution in [0.25, 0.3) is 0 Å². The Balaban J connectivity index is 2.67. The molecule has 3 amide bonds. The third-order valence-corrected chi connectivity index (χ3v) is 1.96. The molecule has 0 bridgehead atoms. The zero-order valence-electron chi connectivity index (χ0n) is 7.45. The van der Waals surface area contributed by atoms with Gasteiger partial charge in [0.15, 0.2) is 0 Å². The Morgan fingerprint density at radius 1 is 1.62 bits per heavy atom. The molecule has 0 aliphatic carbocycles. The second kappa shape index (κ2) is 4.08. The molecule has 74 valence electrons. The van der Waals surface area contributed by atoms with E-state index < -0.39 is 12.1 Å². The lowest BCUT2D eigenvalue weighted by atomic mass is 10.2. The second-order valence-corrected chi connectivity index (χ2v) is 2.74. The van der Waals surface area contributed by atoms with E-state index in [1.807, 2.05) is 0 Å². The molecule has 1 rings (SSSR count). The van der Waals surface area contributed by atoms with Gasteiger partial charge in [0.05, 0.1) is 13.2 Å². The Kier molecular flexibility index (Phi) is 3.07. The first-order chi connectivity index (χ1) is 6.16. The first-order valence-corrected chi connectivity index (χ1v) is 4.02. The van der Waals surface area contributed by atoms with Crippen LogP contribution in [0, 0.1) is 0 Å². The smallest absolute Gasteiger partial charge is 0.315 e. The highest BCUT2D eigenvalue weighted by Gasteiger charge is 2.30. The van der Waals surface area contributed by atoms with E-state index in [1.54, 1.807) is 0 Å². The highest BCUT2D eigenvalue weighted by atomic mass is 16.5. The van der Waals surface area contributed by atoms with Crippen LogP contribution in [0.3, 0.4) is 0 Å². The number of primary amides is 1. The lowest BCUT2D eigenvalue weighted by Gasteiger charge is -2.32. The summed E-state index contributed by atoms with van der Waals surface area (Å²) < 4.78 is 5.08. The molecule has 1 heterocycles. The number of likely N-dealkylation sites (N-methyl/N-ethyl adjacent to an activating group) is 1. The zero-order valence-corrected chi connectivity index (χ0v) is 7.45. The minimum absolute atomic E-state index is 0.211. The van der Waals surface area contributed by atoms with Crippen LogP contribution in [-0.4, -0.2) is 49.7 Å². The first kappa shape index (κ1) is 9.79. The van der Waals surface area contributed by atoms with Gasteiger partial charge >= 0.3 is 6.03 Å². The van der Waals surface area contributed by atoms with Crippen molar-refractivity contribution < 1.29 is 14.3 Å². The van der Waals surface area contributed by atoms with Crippen molar-refractivity contribution in [2.24, 2.45) is 5.73 Å². The van der Waals surface area contributed by atoms with Crippen LogP contribution in [0.2, 0.25) is 0 Å². The summed E-state index contributed by atoms with van der Waals surface area (Å²) >= 11 is 0. The van der Waals surface area contributed by atoms with Gasteiger partial charge in [-0.3, -0.25) is 4.79 Å². The number of hydrogen-bond acceptors (Lipinski definition) is 3. The number of amides is 3. The first-order valence-electron chi connectivity index (χ1n) is 4.02. The van der Waals surface area contributed by atoms with Crippen LogP contribution in [0.1, 0.15) is 0 Å². The second-order valence-electron chi connectivity index (χ2n) is 2.74. The molecule has 6 heteroatoms. The van der Waals surface area contributed by atoms with Crippen molar-refractivity contribution in [1.82, 2.24) is 10.2 Å². The molecular formula is C7H13N3O3. The van der Waals surface area contributed by atoms with Crippen LogP contribution in [0.5, 0.6) is 0 Å². The molecular weight excluding hydrogens is 174 g/mol. The van der Waals surface area contributed by atoms with Gasteiger partial charge in [0.1, 0.15) is 6.04 Å². The summed E-state index contributed by atoms with van der Waals surface area (Å²) in [5, 5.41) is 2.45. The number of nitrogens with two attached hydrogens (primary N) is 1. The van der Waals surface area contributed by atoms with E-state index in [1.165, 1.54) is 11.9 Å². The van der Waals surface area contributed by atoms with Gasteiger partial charge in [0.25, 0.3) is 0 Å². The summed E-state index contributed by atoms with van der Waals surface area (Å²) in [5.41, 5.74) is 5.10. The van der Waals surface area contributed by atoms with Crippen molar-refractivity contribution in [3.8, 4) is 0 Å². The third-order valence-electron chi connectivity index (χ3n) is 1.96. The molecule has 6 nitrogen and oxygen atoms in total. The Hall–Kier alpha value is -1.30. The lowest BCUT2D eigenvalue weighted by molar-refractivity contribution is -0.129. The molecule has 0 spiro atoms. The highest BCUT2D eigenvalue weighted by Crippen LogP contribution is 2.06. The van der Waals surface area contributed by atoms with E-state index in [0.717, 1.165) is 0 Å². The number of ether oxygens (including phenoxy) is 1. The number of carbonyl (C=O) groups is 2. The van der Waals surface area contributed by atoms with Crippen molar-refractivity contribution >= 4 is 11.9 Å². The van der Waals surface area contributed by atoms with Gasteiger partial charge in [-0.1, -0.05) is 0 Å². The predicted molar refractivity (Wildman–Crippen MR) is 45.0 cm³/mol. The van der Waals surface area contributed by atoms with Crippen LogP contribution < -0.4 is 11.1 Å². The van der Waals surface area contributed by atoms with Crippen LogP contribution >= 0.6 is 0 Å². The van der Waals surface area contributed by atoms with Crippen molar-refractivity contribution in [3.63, 3.8) is 0 Å². The van der Waals surface area contributed by atoms with Gasteiger partial charge in [-0.15, -0.1) is 0 Å². The maximum atomic E-state index is 11.2. The maximum absolute atomic E-state index is 11.2. The number of nitrogens with zero attached hydrogens (tertiary/aromatic N) is 1.